The minimum atomic E-state index is -0.0308. The predicted molar refractivity (Wildman–Crippen MR) is 89.4 cm³/mol. The number of hydrogen-bond acceptors (Lipinski definition) is 3. The lowest BCUT2D eigenvalue weighted by atomic mass is 9.81. The van der Waals surface area contributed by atoms with Crippen LogP contribution in [0.3, 0.4) is 0 Å². The van der Waals surface area contributed by atoms with E-state index in [0.717, 1.165) is 37.9 Å². The third-order valence-corrected chi connectivity index (χ3v) is 6.01. The SMILES string of the molecule is CCC(CC)(CNCC(C)C)CN1CC2CCC(O)C2C1. The molecule has 3 nitrogen and oxygen atoms in total. The summed E-state index contributed by atoms with van der Waals surface area (Å²) in [5.41, 5.74) is 0.401. The van der Waals surface area contributed by atoms with Gasteiger partial charge in [0.1, 0.15) is 0 Å². The maximum Gasteiger partial charge on any atom is 0.0583 e. The Kier molecular flexibility index (Phi) is 6.10. The third kappa shape index (κ3) is 4.20. The first-order valence-electron chi connectivity index (χ1n) is 9.11. The number of rotatable bonds is 8. The van der Waals surface area contributed by atoms with Crippen molar-refractivity contribution in [1.82, 2.24) is 10.2 Å². The molecule has 2 N–H and O–H groups in total. The van der Waals surface area contributed by atoms with E-state index < -0.39 is 0 Å². The Morgan fingerprint density at radius 1 is 1.19 bits per heavy atom. The van der Waals surface area contributed by atoms with Gasteiger partial charge < -0.3 is 15.3 Å². The van der Waals surface area contributed by atoms with E-state index in [4.69, 9.17) is 0 Å². The molecule has 3 heteroatoms. The quantitative estimate of drug-likeness (QED) is 0.723. The molecule has 1 saturated heterocycles. The number of aliphatic hydroxyl groups is 1. The van der Waals surface area contributed by atoms with Crippen LogP contribution in [0.4, 0.5) is 0 Å². The van der Waals surface area contributed by atoms with Gasteiger partial charge in [0.2, 0.25) is 0 Å². The Bertz CT molecular complexity index is 314. The second kappa shape index (κ2) is 7.43. The highest BCUT2D eigenvalue weighted by atomic mass is 16.3. The van der Waals surface area contributed by atoms with Crippen molar-refractivity contribution < 1.29 is 5.11 Å². The zero-order valence-electron chi connectivity index (χ0n) is 14.6. The molecule has 0 amide bonds. The summed E-state index contributed by atoms with van der Waals surface area (Å²) < 4.78 is 0. The van der Waals surface area contributed by atoms with Crippen LogP contribution in [0.25, 0.3) is 0 Å². The van der Waals surface area contributed by atoms with Crippen molar-refractivity contribution in [2.24, 2.45) is 23.2 Å². The topological polar surface area (TPSA) is 35.5 Å². The molecule has 1 heterocycles. The van der Waals surface area contributed by atoms with Crippen molar-refractivity contribution in [2.45, 2.75) is 59.5 Å². The zero-order valence-corrected chi connectivity index (χ0v) is 14.6. The van der Waals surface area contributed by atoms with Gasteiger partial charge in [0, 0.05) is 32.1 Å². The molecule has 0 aromatic carbocycles. The van der Waals surface area contributed by atoms with Gasteiger partial charge in [-0.25, -0.2) is 0 Å². The molecule has 3 unspecified atom stereocenters. The van der Waals surface area contributed by atoms with Gasteiger partial charge in [-0.3, -0.25) is 0 Å². The van der Waals surface area contributed by atoms with Crippen LogP contribution in [0.5, 0.6) is 0 Å². The van der Waals surface area contributed by atoms with Crippen molar-refractivity contribution in [3.05, 3.63) is 0 Å². The largest absolute Gasteiger partial charge is 0.393 e. The molecule has 124 valence electrons. The second-order valence-corrected chi connectivity index (χ2v) is 7.99. The van der Waals surface area contributed by atoms with Crippen LogP contribution >= 0.6 is 0 Å². The first-order valence-corrected chi connectivity index (χ1v) is 9.11. The molecular weight excluding hydrogens is 260 g/mol. The second-order valence-electron chi connectivity index (χ2n) is 7.99. The van der Waals surface area contributed by atoms with E-state index in [1.54, 1.807) is 0 Å². The number of likely N-dealkylation sites (tertiary alicyclic amines) is 1. The molecule has 0 aromatic heterocycles. The van der Waals surface area contributed by atoms with Crippen LogP contribution in [-0.2, 0) is 0 Å². The normalized spacial score (nSPS) is 30.3. The zero-order chi connectivity index (χ0) is 15.5. The number of hydrogen-bond donors (Lipinski definition) is 2. The first-order chi connectivity index (χ1) is 9.99. The smallest absolute Gasteiger partial charge is 0.0583 e. The van der Waals surface area contributed by atoms with Gasteiger partial charge in [-0.2, -0.15) is 0 Å². The van der Waals surface area contributed by atoms with Crippen molar-refractivity contribution in [3.8, 4) is 0 Å². The predicted octanol–water partition coefficient (Wildman–Crippen LogP) is 2.74. The third-order valence-electron chi connectivity index (χ3n) is 6.01. The lowest BCUT2D eigenvalue weighted by Crippen LogP contribution is -2.44. The summed E-state index contributed by atoms with van der Waals surface area (Å²) in [6, 6.07) is 0. The summed E-state index contributed by atoms with van der Waals surface area (Å²) in [7, 11) is 0. The average Bonchev–Trinajstić information content (AvgIpc) is 2.99. The fourth-order valence-electron chi connectivity index (χ4n) is 4.34. The van der Waals surface area contributed by atoms with E-state index in [1.165, 1.54) is 32.4 Å². The molecule has 1 aliphatic carbocycles. The van der Waals surface area contributed by atoms with E-state index in [-0.39, 0.29) is 6.10 Å². The molecule has 0 aromatic rings. The summed E-state index contributed by atoms with van der Waals surface area (Å²) in [6.45, 7) is 15.0. The minimum absolute atomic E-state index is 0.0308. The Morgan fingerprint density at radius 2 is 1.90 bits per heavy atom. The summed E-state index contributed by atoms with van der Waals surface area (Å²) in [4.78, 5) is 2.64. The van der Waals surface area contributed by atoms with E-state index in [1.807, 2.05) is 0 Å². The molecule has 0 radical (unpaired) electrons. The molecule has 2 fully saturated rings. The first kappa shape index (κ1) is 17.2. The van der Waals surface area contributed by atoms with Crippen molar-refractivity contribution in [1.29, 1.82) is 0 Å². The molecule has 21 heavy (non-hydrogen) atoms. The van der Waals surface area contributed by atoms with Gasteiger partial charge in [0.25, 0.3) is 0 Å². The molecular formula is C18H36N2O. The van der Waals surface area contributed by atoms with Crippen LogP contribution in [0, 0.1) is 23.2 Å². The Hall–Kier alpha value is -0.120. The van der Waals surface area contributed by atoms with E-state index in [2.05, 4.69) is 37.9 Å². The lowest BCUT2D eigenvalue weighted by Gasteiger charge is -2.36. The lowest BCUT2D eigenvalue weighted by molar-refractivity contribution is 0.108. The van der Waals surface area contributed by atoms with Crippen LogP contribution < -0.4 is 5.32 Å². The minimum Gasteiger partial charge on any atom is -0.393 e. The number of nitrogens with zero attached hydrogens (tertiary/aromatic N) is 1. The maximum atomic E-state index is 10.1. The van der Waals surface area contributed by atoms with Crippen molar-refractivity contribution in [2.75, 3.05) is 32.7 Å². The van der Waals surface area contributed by atoms with Gasteiger partial charge >= 0.3 is 0 Å². The molecule has 2 rings (SSSR count). The summed E-state index contributed by atoms with van der Waals surface area (Å²) in [6.07, 6.45) is 4.72. The van der Waals surface area contributed by atoms with Gasteiger partial charge in [0.15, 0.2) is 0 Å². The highest BCUT2D eigenvalue weighted by Crippen LogP contribution is 2.40. The van der Waals surface area contributed by atoms with Crippen LogP contribution in [-0.4, -0.2) is 48.8 Å². The monoisotopic (exact) mass is 296 g/mol. The van der Waals surface area contributed by atoms with E-state index >= 15 is 0 Å². The van der Waals surface area contributed by atoms with Crippen LogP contribution in [0.1, 0.15) is 53.4 Å². The Morgan fingerprint density at radius 3 is 2.48 bits per heavy atom. The van der Waals surface area contributed by atoms with Crippen molar-refractivity contribution >= 4 is 0 Å². The molecule has 0 bridgehead atoms. The van der Waals surface area contributed by atoms with Crippen LogP contribution in [0.2, 0.25) is 0 Å². The van der Waals surface area contributed by atoms with E-state index in [9.17, 15) is 5.11 Å². The number of fused-ring (bicyclic) bond motifs is 1. The fourth-order valence-corrected chi connectivity index (χ4v) is 4.34. The highest BCUT2D eigenvalue weighted by molar-refractivity contribution is 4.95. The van der Waals surface area contributed by atoms with Gasteiger partial charge in [-0.15, -0.1) is 0 Å². The van der Waals surface area contributed by atoms with Gasteiger partial charge in [-0.1, -0.05) is 27.7 Å². The molecule has 0 spiro atoms. The molecule has 1 aliphatic heterocycles. The number of aliphatic hydroxyl groups excluding tert-OH is 1. The van der Waals surface area contributed by atoms with Gasteiger partial charge in [0.05, 0.1) is 6.10 Å². The summed E-state index contributed by atoms with van der Waals surface area (Å²) in [5, 5.41) is 13.8. The highest BCUT2D eigenvalue weighted by Gasteiger charge is 2.43. The summed E-state index contributed by atoms with van der Waals surface area (Å²) >= 11 is 0. The van der Waals surface area contributed by atoms with Crippen molar-refractivity contribution in [3.63, 3.8) is 0 Å². The van der Waals surface area contributed by atoms with Crippen LogP contribution in [0.15, 0.2) is 0 Å². The summed E-state index contributed by atoms with van der Waals surface area (Å²) in [5.74, 6) is 2.03. The Labute approximate surface area is 131 Å². The Balaban J connectivity index is 1.87. The molecule has 1 saturated carbocycles. The van der Waals surface area contributed by atoms with E-state index in [0.29, 0.717) is 11.3 Å². The van der Waals surface area contributed by atoms with Gasteiger partial charge in [-0.05, 0) is 49.5 Å². The molecule has 3 atom stereocenters. The maximum absolute atomic E-state index is 10.1. The average molecular weight is 296 g/mol. The molecule has 2 aliphatic rings. The fraction of sp³-hybridized carbons (Fsp3) is 1.00. The number of nitrogens with one attached hydrogen (secondary N) is 1. The standard InChI is InChI=1S/C18H36N2O/c1-5-18(6-2,12-19-9-14(3)4)13-20-10-15-7-8-17(21)16(15)11-20/h14-17,19,21H,5-13H2,1-4H3.